The molecular weight excluding hydrogens is 465 g/mol. The van der Waals surface area contributed by atoms with Gasteiger partial charge in [0.1, 0.15) is 5.76 Å². The third-order valence-electron chi connectivity index (χ3n) is 7.63. The third-order valence-corrected chi connectivity index (χ3v) is 7.63. The first-order chi connectivity index (χ1) is 16.6. The second kappa shape index (κ2) is 12.6. The number of allylic oxidation sites excluding steroid dienone is 2. The van der Waals surface area contributed by atoms with Gasteiger partial charge in [0.2, 0.25) is 6.29 Å². The summed E-state index contributed by atoms with van der Waals surface area (Å²) in [4.78, 5) is 3.25. The van der Waals surface area contributed by atoms with E-state index >= 15 is 0 Å². The number of fused-ring (bicyclic) bond motifs is 1. The van der Waals surface area contributed by atoms with Gasteiger partial charge >= 0.3 is 6.18 Å². The molecular formula is C25H39F3N2O5. The Hall–Kier alpha value is -1.62. The number of ether oxygens (including phenoxy) is 2. The zero-order chi connectivity index (χ0) is 25.6. The van der Waals surface area contributed by atoms with Crippen molar-refractivity contribution in [2.24, 2.45) is 23.7 Å². The lowest BCUT2D eigenvalue weighted by atomic mass is 9.65. The Bertz CT molecular complexity index is 820. The summed E-state index contributed by atoms with van der Waals surface area (Å²) < 4.78 is 52.7. The normalized spacial score (nSPS) is 29.4. The minimum atomic E-state index is -4.45. The van der Waals surface area contributed by atoms with Gasteiger partial charge < -0.3 is 14.6 Å². The van der Waals surface area contributed by atoms with Crippen molar-refractivity contribution in [2.45, 2.75) is 90.3 Å². The average Bonchev–Trinajstić information content (AvgIpc) is 3.23. The summed E-state index contributed by atoms with van der Waals surface area (Å²) in [6.45, 7) is 4.87. The van der Waals surface area contributed by atoms with Crippen LogP contribution in [-0.2, 0) is 27.1 Å². The van der Waals surface area contributed by atoms with Gasteiger partial charge in [0.05, 0.1) is 26.4 Å². The van der Waals surface area contributed by atoms with Crippen molar-refractivity contribution in [1.29, 1.82) is 0 Å². The summed E-state index contributed by atoms with van der Waals surface area (Å²) in [5.74, 6) is 2.49. The lowest BCUT2D eigenvalue weighted by molar-refractivity contribution is -0.218. The smallest absolute Gasteiger partial charge is 0.435 e. The van der Waals surface area contributed by atoms with Crippen LogP contribution >= 0.6 is 0 Å². The quantitative estimate of drug-likeness (QED) is 0.284. The molecule has 0 spiro atoms. The molecule has 4 rings (SSSR count). The van der Waals surface area contributed by atoms with E-state index < -0.39 is 11.9 Å². The number of aromatic nitrogens is 2. The molecule has 7 nitrogen and oxygen atoms in total. The molecule has 35 heavy (non-hydrogen) atoms. The van der Waals surface area contributed by atoms with E-state index in [1.165, 1.54) is 30.8 Å². The first kappa shape index (κ1) is 28.0. The molecule has 6 atom stereocenters. The zero-order valence-corrected chi connectivity index (χ0v) is 20.8. The van der Waals surface area contributed by atoms with Crippen LogP contribution in [-0.4, -0.2) is 46.3 Å². The number of aliphatic hydroxyl groups excluding tert-OH is 1. The molecule has 2 N–H and O–H groups in total. The topological polar surface area (TPSA) is 86.0 Å². The summed E-state index contributed by atoms with van der Waals surface area (Å²) in [5, 5.41) is 20.5. The van der Waals surface area contributed by atoms with E-state index in [1.54, 1.807) is 0 Å². The standard InChI is InChI=1S/C24H35F3N2O3.CH4O2/c1-15(30)9-10-17-5-4-8-19-16(2)23(31-14-20(17)19)32-21(18-6-3-7-18)13-29-12-11-22(28-29)24(25,26)27;1-3-2/h11-12,15-17,19-20,23,30H,3-10,13-14H2,1-2H3;2H,1H3/t15?,16?,17-,19+,20?,23?;/m1./s1. The fourth-order valence-electron chi connectivity index (χ4n) is 5.57. The van der Waals surface area contributed by atoms with Crippen molar-refractivity contribution in [1.82, 2.24) is 9.78 Å². The van der Waals surface area contributed by atoms with Crippen LogP contribution in [0.1, 0.15) is 70.9 Å². The monoisotopic (exact) mass is 504 g/mol. The Morgan fingerprint density at radius 3 is 2.54 bits per heavy atom. The summed E-state index contributed by atoms with van der Waals surface area (Å²) in [6.07, 6.45) is 4.53. The fourth-order valence-corrected chi connectivity index (χ4v) is 5.57. The summed E-state index contributed by atoms with van der Waals surface area (Å²) in [7, 11) is 1.18. The van der Waals surface area contributed by atoms with Crippen molar-refractivity contribution >= 4 is 0 Å². The van der Waals surface area contributed by atoms with E-state index in [1.807, 2.05) is 6.92 Å². The van der Waals surface area contributed by atoms with Gasteiger partial charge in [-0.2, -0.15) is 18.3 Å². The van der Waals surface area contributed by atoms with Crippen LogP contribution < -0.4 is 0 Å². The van der Waals surface area contributed by atoms with E-state index in [4.69, 9.17) is 14.7 Å². The molecule has 1 aromatic rings. The minimum Gasteiger partial charge on any atom is -0.467 e. The van der Waals surface area contributed by atoms with E-state index in [-0.39, 0.29) is 24.9 Å². The first-order valence-corrected chi connectivity index (χ1v) is 12.6. The molecule has 0 amide bonds. The predicted molar refractivity (Wildman–Crippen MR) is 123 cm³/mol. The molecule has 2 saturated carbocycles. The van der Waals surface area contributed by atoms with Gasteiger partial charge in [0.15, 0.2) is 5.69 Å². The Kier molecular flexibility index (Phi) is 10.0. The second-order valence-corrected chi connectivity index (χ2v) is 10.1. The second-order valence-electron chi connectivity index (χ2n) is 10.1. The largest absolute Gasteiger partial charge is 0.467 e. The lowest BCUT2D eigenvalue weighted by Crippen LogP contribution is -2.47. The molecule has 4 unspecified atom stereocenters. The molecule has 2 heterocycles. The van der Waals surface area contributed by atoms with Gasteiger partial charge in [-0.1, -0.05) is 19.8 Å². The summed E-state index contributed by atoms with van der Waals surface area (Å²) >= 11 is 0. The average molecular weight is 505 g/mol. The van der Waals surface area contributed by atoms with Gasteiger partial charge in [-0.15, -0.1) is 0 Å². The van der Waals surface area contributed by atoms with Crippen molar-refractivity contribution in [2.75, 3.05) is 13.7 Å². The molecule has 0 aromatic carbocycles. The van der Waals surface area contributed by atoms with E-state index in [0.29, 0.717) is 30.1 Å². The molecule has 1 saturated heterocycles. The molecule has 200 valence electrons. The van der Waals surface area contributed by atoms with Gasteiger partial charge in [-0.05, 0) is 74.8 Å². The molecule has 2 aliphatic carbocycles. The number of hydrogen-bond acceptors (Lipinski definition) is 6. The molecule has 0 bridgehead atoms. The highest BCUT2D eigenvalue weighted by molar-refractivity contribution is 5.16. The van der Waals surface area contributed by atoms with E-state index in [0.717, 1.165) is 50.2 Å². The number of rotatable bonds is 7. The van der Waals surface area contributed by atoms with E-state index in [2.05, 4.69) is 16.9 Å². The van der Waals surface area contributed by atoms with Crippen LogP contribution in [0.3, 0.4) is 0 Å². The van der Waals surface area contributed by atoms with Gasteiger partial charge in [0, 0.05) is 12.1 Å². The molecule has 1 aliphatic heterocycles. The number of halogens is 3. The lowest BCUT2D eigenvalue weighted by Gasteiger charge is -2.47. The number of alkyl halides is 3. The van der Waals surface area contributed by atoms with Crippen LogP contribution in [0.25, 0.3) is 0 Å². The Balaban J connectivity index is 0.00000108. The first-order valence-electron chi connectivity index (χ1n) is 12.6. The minimum absolute atomic E-state index is 0.198. The summed E-state index contributed by atoms with van der Waals surface area (Å²) in [5.41, 5.74) is 0.275. The SMILES string of the molecule is CC(O)CC[C@H]1CCC[C@H]2C(C)C(OC(Cn3ccc(C(F)(F)F)n3)=C3CCC3)OCC12.COO. The maximum atomic E-state index is 12.9. The maximum Gasteiger partial charge on any atom is 0.435 e. The van der Waals surface area contributed by atoms with Gasteiger partial charge in [0.25, 0.3) is 0 Å². The number of aliphatic hydroxyl groups is 1. The van der Waals surface area contributed by atoms with Crippen LogP contribution in [0.2, 0.25) is 0 Å². The number of hydrogen-bond donors (Lipinski definition) is 2. The van der Waals surface area contributed by atoms with Crippen LogP contribution in [0.4, 0.5) is 13.2 Å². The van der Waals surface area contributed by atoms with Gasteiger partial charge in [-0.25, -0.2) is 4.89 Å². The fraction of sp³-hybridized carbons (Fsp3) is 0.800. The van der Waals surface area contributed by atoms with Crippen molar-refractivity contribution in [3.05, 3.63) is 29.3 Å². The predicted octanol–water partition coefficient (Wildman–Crippen LogP) is 5.65. The molecule has 0 radical (unpaired) electrons. The number of nitrogens with zero attached hydrogens (tertiary/aromatic N) is 2. The maximum absolute atomic E-state index is 12.9. The zero-order valence-electron chi connectivity index (χ0n) is 20.8. The van der Waals surface area contributed by atoms with Crippen LogP contribution in [0.15, 0.2) is 23.6 Å². The third kappa shape index (κ3) is 7.44. The van der Waals surface area contributed by atoms with Crippen LogP contribution in [0.5, 0.6) is 0 Å². The molecule has 3 aliphatic rings. The van der Waals surface area contributed by atoms with Crippen LogP contribution in [0, 0.1) is 23.7 Å². The van der Waals surface area contributed by atoms with Crippen molar-refractivity contribution in [3.8, 4) is 0 Å². The Labute approximate surface area is 205 Å². The molecule has 1 aromatic heterocycles. The molecule has 3 fully saturated rings. The highest BCUT2D eigenvalue weighted by atomic mass is 19.4. The highest BCUT2D eigenvalue weighted by Crippen LogP contribution is 2.46. The summed E-state index contributed by atoms with van der Waals surface area (Å²) in [6, 6.07) is 1.00. The van der Waals surface area contributed by atoms with Crippen molar-refractivity contribution < 1.29 is 37.9 Å². The Morgan fingerprint density at radius 2 is 1.97 bits per heavy atom. The molecule has 10 heteroatoms. The highest BCUT2D eigenvalue weighted by Gasteiger charge is 2.44. The van der Waals surface area contributed by atoms with Gasteiger partial charge in [-0.3, -0.25) is 9.94 Å². The van der Waals surface area contributed by atoms with E-state index in [9.17, 15) is 18.3 Å². The Morgan fingerprint density at radius 1 is 1.26 bits per heavy atom. The van der Waals surface area contributed by atoms with Crippen molar-refractivity contribution in [3.63, 3.8) is 0 Å².